The summed E-state index contributed by atoms with van der Waals surface area (Å²) < 4.78 is 61.3. The van der Waals surface area contributed by atoms with Crippen LogP contribution in [-0.4, -0.2) is 274 Å². The number of aliphatic carboxylic acids is 1. The lowest BCUT2D eigenvalue weighted by Gasteiger charge is -2.72. The standard InChI is InChI=1S/C59H96O27/c1-23-33(64)37(68)42(73)49(78-23)85-46-39(70)36(67)28(20-61)80-52(46)86-47-41(72)40(71)44(48(75)76)83-53(47)81-31-12-13-56(5)29(57(31,6)22-62)11-14-59(8)30(56)10-9-24-25-17-54(2,3)18-32(55(25,4)15-16-58(24,59)7)82-51-45(34(65)26(63)21-77-51)84-50-43(74)38(69)35(66)27(19-60)79-50/h9,23,25-47,49-53,60-74H,10-22H2,1-8H3,(H,75,76)/t23-,25+,26-,27+,28-,29-,30-,31-,32-,33+,34-,35+,36+,37-,38+,39-,40-,41-,42+,43-,44-,45+,46-,47+,49-,50-,51+,52+,53-,55-,56+,57-,58-,59-/m1/s1. The van der Waals surface area contributed by atoms with Crippen molar-refractivity contribution in [1.29, 1.82) is 0 Å². The maximum Gasteiger partial charge on any atom is 0.335 e. The van der Waals surface area contributed by atoms with Gasteiger partial charge < -0.3 is 129 Å². The van der Waals surface area contributed by atoms with Crippen LogP contribution in [0.4, 0.5) is 0 Å². The second kappa shape index (κ2) is 24.6. The van der Waals surface area contributed by atoms with E-state index < -0.39 is 195 Å². The Morgan fingerprint density at radius 1 is 0.535 bits per heavy atom. The molecule has 9 fully saturated rings. The summed E-state index contributed by atoms with van der Waals surface area (Å²) >= 11 is 0. The molecule has 0 radical (unpaired) electrons. The number of rotatable bonds is 14. The van der Waals surface area contributed by atoms with Crippen LogP contribution in [0.25, 0.3) is 0 Å². The Labute approximate surface area is 499 Å². The number of fused-ring (bicyclic) bond motifs is 7. The fraction of sp³-hybridized carbons (Fsp3) is 0.949. The maximum absolute atomic E-state index is 12.6. The van der Waals surface area contributed by atoms with Crippen molar-refractivity contribution in [3.05, 3.63) is 11.6 Å². The number of carboxylic acids is 1. The van der Waals surface area contributed by atoms with Gasteiger partial charge >= 0.3 is 5.97 Å². The second-order valence-corrected chi connectivity index (χ2v) is 28.8. The van der Waals surface area contributed by atoms with Crippen LogP contribution in [0.2, 0.25) is 0 Å². The molecule has 10 rings (SSSR count). The van der Waals surface area contributed by atoms with Crippen molar-refractivity contribution < 1.29 is 134 Å². The molecule has 4 saturated carbocycles. The predicted molar refractivity (Wildman–Crippen MR) is 290 cm³/mol. The lowest BCUT2D eigenvalue weighted by Crippen LogP contribution is -2.68. The summed E-state index contributed by atoms with van der Waals surface area (Å²) in [6.07, 6.45) is -33.8. The van der Waals surface area contributed by atoms with Crippen LogP contribution in [0.5, 0.6) is 0 Å². The van der Waals surface area contributed by atoms with Gasteiger partial charge in [0, 0.05) is 10.8 Å². The van der Waals surface area contributed by atoms with Crippen molar-refractivity contribution in [3.8, 4) is 0 Å². The average Bonchev–Trinajstić information content (AvgIpc) is 0.711. The van der Waals surface area contributed by atoms with E-state index in [0.29, 0.717) is 32.1 Å². The first-order valence-corrected chi connectivity index (χ1v) is 30.7. The van der Waals surface area contributed by atoms with Gasteiger partial charge in [0.05, 0.1) is 44.7 Å². The summed E-state index contributed by atoms with van der Waals surface area (Å²) in [5.41, 5.74) is -1.46. The van der Waals surface area contributed by atoms with E-state index in [1.165, 1.54) is 12.5 Å². The lowest BCUT2D eigenvalue weighted by atomic mass is 9.33. The summed E-state index contributed by atoms with van der Waals surface area (Å²) in [4.78, 5) is 12.6. The van der Waals surface area contributed by atoms with E-state index in [2.05, 4.69) is 47.6 Å². The van der Waals surface area contributed by atoms with Crippen molar-refractivity contribution in [3.63, 3.8) is 0 Å². The number of aliphatic hydroxyl groups is 15. The van der Waals surface area contributed by atoms with E-state index in [-0.39, 0.29) is 47.2 Å². The highest BCUT2D eigenvalue weighted by Crippen LogP contribution is 2.76. The number of aliphatic hydroxyl groups excluding tert-OH is 15. The number of hydrogen-bond donors (Lipinski definition) is 16. The minimum Gasteiger partial charge on any atom is -0.479 e. The van der Waals surface area contributed by atoms with E-state index in [1.807, 2.05) is 6.92 Å². The lowest BCUT2D eigenvalue weighted by molar-refractivity contribution is -0.396. The van der Waals surface area contributed by atoms with E-state index in [0.717, 1.165) is 25.7 Å². The Balaban J connectivity index is 0.897. The average molecular weight is 1240 g/mol. The molecule has 0 unspecified atom stereocenters. The zero-order chi connectivity index (χ0) is 62.9. The number of hydrogen-bond acceptors (Lipinski definition) is 26. The molecule has 5 aliphatic carbocycles. The van der Waals surface area contributed by atoms with E-state index in [1.54, 1.807) is 0 Å². The molecule has 5 aliphatic heterocycles. The smallest absolute Gasteiger partial charge is 0.335 e. The number of carbonyl (C=O) groups is 1. The van der Waals surface area contributed by atoms with Crippen LogP contribution in [0, 0.1) is 50.2 Å². The summed E-state index contributed by atoms with van der Waals surface area (Å²) in [5.74, 6) is -1.74. The van der Waals surface area contributed by atoms with Crippen LogP contribution in [-0.2, 0) is 52.2 Å². The molecule has 0 aromatic heterocycles. The summed E-state index contributed by atoms with van der Waals surface area (Å²) in [7, 11) is 0. The molecule has 494 valence electrons. The Morgan fingerprint density at radius 2 is 1.08 bits per heavy atom. The first-order chi connectivity index (χ1) is 40.2. The zero-order valence-corrected chi connectivity index (χ0v) is 50.2. The Bertz CT molecular complexity index is 2400. The molecule has 0 bridgehead atoms. The van der Waals surface area contributed by atoms with Gasteiger partial charge in [-0.05, 0) is 104 Å². The van der Waals surface area contributed by atoms with Gasteiger partial charge in [0.1, 0.15) is 104 Å². The molecular formula is C59H96O27. The minimum absolute atomic E-state index is 0.0183. The SMILES string of the molecule is C[C@H]1O[C@H](O[C@H]2[C@H](O[C@@H]3[C@H](O[C@@H]4CC[C@@]5(C)[C@@H](CC[C@]6(C)[C@@H]5CC=C5[C@@H]7CC(C)(C)C[C@@H](O[C@@H]8OC[C@@H](O)[C@@H](O)[C@@H]8O[C@H]8O[C@@H](CO)[C@H](O)[C@H](O)[C@H]8O)[C@]7(C)CC[C@]56C)[C@@]4(C)CO)O[C@@H](C(=O)O)[C@H](O)[C@H]3O)O[C@H](CO)[C@H](O)[C@H]2O)[C@@H](O)[C@H](O)[C@H]1O. The Hall–Kier alpha value is -1.79. The summed E-state index contributed by atoms with van der Waals surface area (Å²) in [6.45, 7) is 14.7. The third-order valence-electron chi connectivity index (χ3n) is 23.3. The molecule has 86 heavy (non-hydrogen) atoms. The van der Waals surface area contributed by atoms with Crippen molar-refractivity contribution >= 4 is 5.97 Å². The fourth-order valence-electron chi connectivity index (χ4n) is 17.8. The predicted octanol–water partition coefficient (Wildman–Crippen LogP) is -3.01. The zero-order valence-electron chi connectivity index (χ0n) is 50.2. The highest BCUT2D eigenvalue weighted by atomic mass is 16.8. The first kappa shape index (κ1) is 67.1. The Morgan fingerprint density at radius 3 is 1.70 bits per heavy atom. The molecule has 27 nitrogen and oxygen atoms in total. The van der Waals surface area contributed by atoms with Crippen molar-refractivity contribution in [2.75, 3.05) is 26.4 Å². The molecule has 0 aromatic rings. The topological polar surface area (TPSA) is 433 Å². The molecule has 0 spiro atoms. The fourth-order valence-corrected chi connectivity index (χ4v) is 17.8. The quantitative estimate of drug-likeness (QED) is 0.0608. The van der Waals surface area contributed by atoms with E-state index in [4.69, 9.17) is 47.4 Å². The maximum atomic E-state index is 12.6. The number of allylic oxidation sites excluding steroid dienone is 2. The van der Waals surface area contributed by atoms with Crippen LogP contribution in [0.1, 0.15) is 113 Å². The van der Waals surface area contributed by atoms with Crippen molar-refractivity contribution in [2.24, 2.45) is 50.2 Å². The van der Waals surface area contributed by atoms with Gasteiger partial charge in [-0.1, -0.05) is 60.1 Å². The summed E-state index contributed by atoms with van der Waals surface area (Å²) in [5, 5.41) is 173. The molecule has 5 heterocycles. The third-order valence-corrected chi connectivity index (χ3v) is 23.3. The van der Waals surface area contributed by atoms with Gasteiger partial charge in [-0.25, -0.2) is 4.79 Å². The van der Waals surface area contributed by atoms with Gasteiger partial charge in [-0.3, -0.25) is 0 Å². The monoisotopic (exact) mass is 1240 g/mol. The van der Waals surface area contributed by atoms with Crippen LogP contribution in [0.3, 0.4) is 0 Å². The minimum atomic E-state index is -2.13. The molecule has 34 atom stereocenters. The second-order valence-electron chi connectivity index (χ2n) is 28.8. The van der Waals surface area contributed by atoms with E-state index in [9.17, 15) is 86.5 Å². The number of carboxylic acid groups (broad SMARTS) is 1. The van der Waals surface area contributed by atoms with E-state index >= 15 is 0 Å². The molecule has 27 heteroatoms. The Kier molecular flexibility index (Phi) is 19.2. The molecule has 0 amide bonds. The van der Waals surface area contributed by atoms with Gasteiger partial charge in [0.15, 0.2) is 37.6 Å². The largest absolute Gasteiger partial charge is 0.479 e. The first-order valence-electron chi connectivity index (χ1n) is 30.7. The highest BCUT2D eigenvalue weighted by Gasteiger charge is 2.70. The van der Waals surface area contributed by atoms with Gasteiger partial charge in [-0.2, -0.15) is 0 Å². The van der Waals surface area contributed by atoms with Gasteiger partial charge in [-0.15, -0.1) is 0 Å². The normalized spacial score (nSPS) is 55.7. The van der Waals surface area contributed by atoms with Gasteiger partial charge in [0.2, 0.25) is 0 Å². The van der Waals surface area contributed by atoms with Gasteiger partial charge in [0.25, 0.3) is 0 Å². The molecule has 0 aromatic carbocycles. The molecule has 10 aliphatic rings. The highest BCUT2D eigenvalue weighted by molar-refractivity contribution is 5.73. The molecule has 5 saturated heterocycles. The van der Waals surface area contributed by atoms with Crippen LogP contribution >= 0.6 is 0 Å². The molecular weight excluding hydrogens is 1140 g/mol. The van der Waals surface area contributed by atoms with Crippen molar-refractivity contribution in [1.82, 2.24) is 0 Å². The third kappa shape index (κ3) is 11.1. The van der Waals surface area contributed by atoms with Crippen molar-refractivity contribution in [2.45, 2.75) is 273 Å². The van der Waals surface area contributed by atoms with Crippen LogP contribution in [0.15, 0.2) is 11.6 Å². The molecule has 16 N–H and O–H groups in total. The van der Waals surface area contributed by atoms with Crippen LogP contribution < -0.4 is 0 Å². The number of ether oxygens (including phenoxy) is 10. The summed E-state index contributed by atoms with van der Waals surface area (Å²) in [6, 6.07) is 0.